The molecule has 0 radical (unpaired) electrons. The smallest absolute Gasteiger partial charge is 0.247 e. The van der Waals surface area contributed by atoms with Crippen molar-refractivity contribution >= 4 is 105 Å². The lowest BCUT2D eigenvalue weighted by atomic mass is 9.30. The zero-order valence-corrected chi connectivity index (χ0v) is 29.7. The van der Waals surface area contributed by atoms with Crippen molar-refractivity contribution in [3.05, 3.63) is 181 Å². The van der Waals surface area contributed by atoms with Crippen molar-refractivity contribution < 1.29 is 0 Å². The molecule has 246 valence electrons. The van der Waals surface area contributed by atoms with E-state index in [1.54, 1.807) is 0 Å². The van der Waals surface area contributed by atoms with E-state index in [0.29, 0.717) is 0 Å². The lowest BCUT2D eigenvalue weighted by molar-refractivity contribution is 0.652. The number of rotatable bonds is 1. The summed E-state index contributed by atoms with van der Waals surface area (Å²) in [7, 11) is 0. The maximum atomic E-state index is 2.60. The van der Waals surface area contributed by atoms with Gasteiger partial charge in [0.25, 0.3) is 0 Å². The van der Waals surface area contributed by atoms with Crippen LogP contribution in [0, 0.1) is 0 Å². The molecule has 12 rings (SSSR count). The molecular weight excluding hydrogens is 637 g/mol. The van der Waals surface area contributed by atoms with Crippen LogP contribution < -0.4 is 21.3 Å². The fourth-order valence-electron chi connectivity index (χ4n) is 10.3. The monoisotopic (exact) mass is 671 g/mol. The van der Waals surface area contributed by atoms with Crippen molar-refractivity contribution in [2.45, 2.75) is 19.3 Å². The van der Waals surface area contributed by atoms with E-state index in [4.69, 9.17) is 0 Å². The normalized spacial score (nSPS) is 14.3. The van der Waals surface area contributed by atoms with Gasteiger partial charge in [0.2, 0.25) is 6.71 Å². The van der Waals surface area contributed by atoms with E-state index in [1.807, 2.05) is 0 Å². The molecule has 2 heteroatoms. The highest BCUT2D eigenvalue weighted by Gasteiger charge is 2.47. The Labute approximate surface area is 308 Å². The molecule has 0 N–H and O–H groups in total. The molecule has 0 unspecified atom stereocenters. The van der Waals surface area contributed by atoms with Crippen LogP contribution in [0.3, 0.4) is 0 Å². The van der Waals surface area contributed by atoms with Gasteiger partial charge in [0.1, 0.15) is 0 Å². The second-order valence-corrected chi connectivity index (χ2v) is 15.7. The van der Waals surface area contributed by atoms with E-state index in [9.17, 15) is 0 Å². The first-order valence-electron chi connectivity index (χ1n) is 18.8. The van der Waals surface area contributed by atoms with Crippen molar-refractivity contribution in [3.63, 3.8) is 0 Å². The van der Waals surface area contributed by atoms with Crippen molar-refractivity contribution in [3.8, 4) is 0 Å². The molecule has 2 aliphatic heterocycles. The van der Waals surface area contributed by atoms with Gasteiger partial charge in [-0.15, -0.1) is 0 Å². The molecule has 10 aromatic carbocycles. The minimum Gasteiger partial charge on any atom is -0.311 e. The summed E-state index contributed by atoms with van der Waals surface area (Å²) in [6, 6.07) is 64.3. The number of hydrogen-bond acceptors (Lipinski definition) is 1. The Hall–Kier alpha value is -6.38. The molecule has 0 bridgehead atoms. The standard InChI is InChI=1S/C51H34BN/c1-51(2)44-17-9-10-18-45(44)52-46-29-42-35(22-20-32-12-4-7-15-38(32)42)28-47(46)53(36-24-26-40-34(27-36)21-19-31-11-3-6-14-37(31)40)48-30-43-39-16-8-5-13-33(39)23-25-41(43)49(51)50(48)52/h3-30H,1-2H3. The summed E-state index contributed by atoms with van der Waals surface area (Å²) in [5.74, 6) is 0. The molecule has 53 heavy (non-hydrogen) atoms. The van der Waals surface area contributed by atoms with Gasteiger partial charge in [0.05, 0.1) is 0 Å². The minimum atomic E-state index is -0.214. The van der Waals surface area contributed by atoms with Gasteiger partial charge in [-0.2, -0.15) is 0 Å². The Balaban J connectivity index is 1.26. The number of nitrogens with zero attached hydrogens (tertiary/aromatic N) is 1. The van der Waals surface area contributed by atoms with Crippen molar-refractivity contribution in [2.75, 3.05) is 4.90 Å². The van der Waals surface area contributed by atoms with Crippen LogP contribution >= 0.6 is 0 Å². The van der Waals surface area contributed by atoms with E-state index in [1.165, 1.54) is 109 Å². The first-order chi connectivity index (χ1) is 26.0. The molecule has 0 saturated carbocycles. The molecular formula is C51H34BN. The third-order valence-electron chi connectivity index (χ3n) is 12.6. The fourth-order valence-corrected chi connectivity index (χ4v) is 10.3. The van der Waals surface area contributed by atoms with Gasteiger partial charge in [0.15, 0.2) is 0 Å². The summed E-state index contributed by atoms with van der Waals surface area (Å²) in [5.41, 5.74) is 10.6. The molecule has 0 aromatic heterocycles. The Kier molecular flexibility index (Phi) is 5.72. The van der Waals surface area contributed by atoms with E-state index in [2.05, 4.69) is 189 Å². The minimum absolute atomic E-state index is 0.0964. The van der Waals surface area contributed by atoms with Crippen LogP contribution in [0.1, 0.15) is 25.0 Å². The fraction of sp³-hybridized carbons (Fsp3) is 0.0588. The summed E-state index contributed by atoms with van der Waals surface area (Å²) < 4.78 is 0. The lowest BCUT2D eigenvalue weighted by Gasteiger charge is -2.46. The summed E-state index contributed by atoms with van der Waals surface area (Å²) >= 11 is 0. The maximum Gasteiger partial charge on any atom is 0.247 e. The first kappa shape index (κ1) is 29.2. The Morgan fingerprint density at radius 1 is 0.396 bits per heavy atom. The van der Waals surface area contributed by atoms with Gasteiger partial charge in [-0.1, -0.05) is 165 Å². The predicted molar refractivity (Wildman–Crippen MR) is 229 cm³/mol. The van der Waals surface area contributed by atoms with Crippen LogP contribution in [0.4, 0.5) is 17.1 Å². The summed E-state index contributed by atoms with van der Waals surface area (Å²) in [5, 5.41) is 15.5. The highest BCUT2D eigenvalue weighted by molar-refractivity contribution is 6.99. The topological polar surface area (TPSA) is 3.24 Å². The molecule has 0 fully saturated rings. The van der Waals surface area contributed by atoms with Crippen LogP contribution in [0.2, 0.25) is 0 Å². The molecule has 2 aliphatic rings. The van der Waals surface area contributed by atoms with Gasteiger partial charge in [-0.05, 0) is 111 Å². The van der Waals surface area contributed by atoms with E-state index >= 15 is 0 Å². The second kappa shape index (κ2) is 10.4. The van der Waals surface area contributed by atoms with Crippen LogP contribution in [0.15, 0.2) is 170 Å². The SMILES string of the molecule is CC1(C)c2ccccc2B2c3cc4c(ccc5ccccc54)cc3N(c3ccc4c(ccc5ccccc54)c3)c3cc4c(ccc5ccccc54)c1c32. The van der Waals surface area contributed by atoms with Crippen molar-refractivity contribution in [2.24, 2.45) is 0 Å². The second-order valence-electron chi connectivity index (χ2n) is 15.7. The zero-order valence-electron chi connectivity index (χ0n) is 29.7. The van der Waals surface area contributed by atoms with Crippen LogP contribution in [0.25, 0.3) is 64.6 Å². The maximum absolute atomic E-state index is 2.60. The predicted octanol–water partition coefficient (Wildman–Crippen LogP) is 11.5. The average molecular weight is 672 g/mol. The molecule has 0 saturated heterocycles. The van der Waals surface area contributed by atoms with Crippen molar-refractivity contribution in [1.82, 2.24) is 0 Å². The number of anilines is 3. The summed E-state index contributed by atoms with van der Waals surface area (Å²) in [6.45, 7) is 4.99. The molecule has 0 aliphatic carbocycles. The molecule has 0 spiro atoms. The quantitative estimate of drug-likeness (QED) is 0.124. The molecule has 1 nitrogen and oxygen atoms in total. The average Bonchev–Trinajstić information content (AvgIpc) is 3.20. The highest BCUT2D eigenvalue weighted by Crippen LogP contribution is 2.48. The van der Waals surface area contributed by atoms with Crippen LogP contribution in [0.5, 0.6) is 0 Å². The zero-order chi connectivity index (χ0) is 35.0. The van der Waals surface area contributed by atoms with E-state index in [-0.39, 0.29) is 12.1 Å². The molecule has 2 heterocycles. The molecule has 0 amide bonds. The Bertz CT molecular complexity index is 3230. The largest absolute Gasteiger partial charge is 0.311 e. The Morgan fingerprint density at radius 3 is 1.68 bits per heavy atom. The molecule has 10 aromatic rings. The highest BCUT2D eigenvalue weighted by atomic mass is 15.2. The molecule has 0 atom stereocenters. The lowest BCUT2D eigenvalue weighted by Crippen LogP contribution is -2.64. The van der Waals surface area contributed by atoms with E-state index < -0.39 is 0 Å². The third-order valence-corrected chi connectivity index (χ3v) is 12.6. The summed E-state index contributed by atoms with van der Waals surface area (Å²) in [4.78, 5) is 2.60. The van der Waals surface area contributed by atoms with Gasteiger partial charge >= 0.3 is 0 Å². The number of fused-ring (bicyclic) bond motifs is 14. The van der Waals surface area contributed by atoms with E-state index in [0.717, 1.165) is 0 Å². The van der Waals surface area contributed by atoms with Gasteiger partial charge in [-0.3, -0.25) is 0 Å². The number of hydrogen-bond donors (Lipinski definition) is 0. The summed E-state index contributed by atoms with van der Waals surface area (Å²) in [6.07, 6.45) is 0. The van der Waals surface area contributed by atoms with Gasteiger partial charge in [0, 0.05) is 22.5 Å². The van der Waals surface area contributed by atoms with Crippen LogP contribution in [-0.4, -0.2) is 6.71 Å². The Morgan fingerprint density at radius 2 is 0.943 bits per heavy atom. The van der Waals surface area contributed by atoms with Crippen LogP contribution in [-0.2, 0) is 5.41 Å². The number of benzene rings is 10. The first-order valence-corrected chi connectivity index (χ1v) is 18.8. The third kappa shape index (κ3) is 3.88. The van der Waals surface area contributed by atoms with Gasteiger partial charge in [-0.25, -0.2) is 0 Å². The van der Waals surface area contributed by atoms with Crippen molar-refractivity contribution in [1.29, 1.82) is 0 Å². The van der Waals surface area contributed by atoms with Gasteiger partial charge < -0.3 is 4.90 Å².